The molecule has 0 aliphatic carbocycles. The fourth-order valence-electron chi connectivity index (χ4n) is 2.80. The SMILES string of the molecule is CC1=C(C(=O)[O-])N2C(=O)C[C@@]2(Cc2ccccc2O)S1.[K+]. The molecule has 0 spiro atoms. The predicted molar refractivity (Wildman–Crippen MR) is 71.3 cm³/mol. The number of aromatic hydroxyl groups is 1. The third kappa shape index (κ3) is 2.71. The number of phenols is 1. The number of carbonyl (C=O) groups is 2. The number of benzene rings is 1. The number of amides is 1. The maximum atomic E-state index is 11.8. The zero-order valence-electron chi connectivity index (χ0n) is 11.8. The third-order valence-electron chi connectivity index (χ3n) is 3.64. The molecule has 7 heteroatoms. The first-order valence-electron chi connectivity index (χ1n) is 6.16. The van der Waals surface area contributed by atoms with E-state index in [9.17, 15) is 19.8 Å². The van der Waals surface area contributed by atoms with Crippen LogP contribution in [0.5, 0.6) is 5.75 Å². The molecule has 0 unspecified atom stereocenters. The summed E-state index contributed by atoms with van der Waals surface area (Å²) in [5.74, 6) is -1.40. The van der Waals surface area contributed by atoms with Gasteiger partial charge in [0.1, 0.15) is 10.6 Å². The Balaban J connectivity index is 0.00000161. The Bertz CT molecular complexity index is 660. The summed E-state index contributed by atoms with van der Waals surface area (Å²) in [4.78, 5) is 24.2. The van der Waals surface area contributed by atoms with Crippen molar-refractivity contribution in [1.29, 1.82) is 0 Å². The quantitative estimate of drug-likeness (QED) is 0.494. The molecule has 1 aromatic rings. The van der Waals surface area contributed by atoms with E-state index >= 15 is 0 Å². The van der Waals surface area contributed by atoms with E-state index in [1.165, 1.54) is 16.7 Å². The van der Waals surface area contributed by atoms with Gasteiger partial charge in [-0.05, 0) is 18.6 Å². The van der Waals surface area contributed by atoms with Crippen LogP contribution in [0.1, 0.15) is 18.9 Å². The number of carboxylic acid groups (broad SMARTS) is 1. The minimum absolute atomic E-state index is 0. The fraction of sp³-hybridized carbons (Fsp3) is 0.286. The number of hydrogen-bond acceptors (Lipinski definition) is 5. The summed E-state index contributed by atoms with van der Waals surface area (Å²) in [5.41, 5.74) is 0.659. The number of hydrogen-bond donors (Lipinski definition) is 1. The standard InChI is InChI=1S/C14H13NO4S.K/c1-8-12(13(18)19)15-11(17)7-14(15,20-8)6-9-4-2-3-5-10(9)16;/h2-5,16H,6-7H2,1H3,(H,18,19);/q;+1/p-1/t14-;/m1./s1. The van der Waals surface area contributed by atoms with E-state index in [1.54, 1.807) is 31.2 Å². The van der Waals surface area contributed by atoms with Gasteiger partial charge in [0.25, 0.3) is 0 Å². The van der Waals surface area contributed by atoms with Crippen molar-refractivity contribution < 1.29 is 71.2 Å². The molecule has 5 nitrogen and oxygen atoms in total. The predicted octanol–water partition coefficient (Wildman–Crippen LogP) is -2.40. The van der Waals surface area contributed by atoms with Gasteiger partial charge in [0, 0.05) is 11.3 Å². The molecule has 1 N–H and O–H groups in total. The molecule has 0 saturated carbocycles. The largest absolute Gasteiger partial charge is 1.00 e. The van der Waals surface area contributed by atoms with E-state index < -0.39 is 10.8 Å². The van der Waals surface area contributed by atoms with Gasteiger partial charge in [-0.15, -0.1) is 0 Å². The van der Waals surface area contributed by atoms with Crippen molar-refractivity contribution in [2.45, 2.75) is 24.6 Å². The number of phenolic OH excluding ortho intramolecular Hbond substituents is 1. The number of rotatable bonds is 3. The van der Waals surface area contributed by atoms with Crippen LogP contribution in [0, 0.1) is 0 Å². The summed E-state index contributed by atoms with van der Waals surface area (Å²) in [7, 11) is 0. The minimum Gasteiger partial charge on any atom is -0.543 e. The number of fused-ring (bicyclic) bond motifs is 1. The Kier molecular flexibility index (Phi) is 4.92. The maximum Gasteiger partial charge on any atom is 1.00 e. The molecule has 2 heterocycles. The molecule has 2 aliphatic heterocycles. The smallest absolute Gasteiger partial charge is 0.543 e. The van der Waals surface area contributed by atoms with Gasteiger partial charge < -0.3 is 15.0 Å². The average molecular weight is 329 g/mol. The molecule has 1 fully saturated rings. The van der Waals surface area contributed by atoms with E-state index in [2.05, 4.69) is 0 Å². The van der Waals surface area contributed by atoms with Crippen LogP contribution >= 0.6 is 11.8 Å². The number of nitrogens with zero attached hydrogens (tertiary/aromatic N) is 1. The molecule has 1 aromatic carbocycles. The Morgan fingerprint density at radius 2 is 2.14 bits per heavy atom. The van der Waals surface area contributed by atoms with Gasteiger partial charge in [-0.1, -0.05) is 30.0 Å². The molecule has 104 valence electrons. The third-order valence-corrected chi connectivity index (χ3v) is 4.99. The topological polar surface area (TPSA) is 80.7 Å². The molecule has 21 heavy (non-hydrogen) atoms. The van der Waals surface area contributed by atoms with Crippen LogP contribution in [0.4, 0.5) is 0 Å². The van der Waals surface area contributed by atoms with Crippen molar-refractivity contribution in [3.05, 3.63) is 40.4 Å². The van der Waals surface area contributed by atoms with E-state index in [4.69, 9.17) is 0 Å². The van der Waals surface area contributed by atoms with Gasteiger partial charge >= 0.3 is 51.4 Å². The number of carboxylic acids is 1. The zero-order valence-corrected chi connectivity index (χ0v) is 15.7. The Labute approximate surface area is 168 Å². The Morgan fingerprint density at radius 1 is 1.48 bits per heavy atom. The van der Waals surface area contributed by atoms with Crippen LogP contribution in [0.25, 0.3) is 0 Å². The molecule has 0 radical (unpaired) electrons. The van der Waals surface area contributed by atoms with Gasteiger partial charge in [-0.2, -0.15) is 0 Å². The summed E-state index contributed by atoms with van der Waals surface area (Å²) in [5, 5.41) is 21.0. The number of thioether (sulfide) groups is 1. The van der Waals surface area contributed by atoms with Crippen molar-refractivity contribution in [3.63, 3.8) is 0 Å². The van der Waals surface area contributed by atoms with Gasteiger partial charge in [0.05, 0.1) is 18.1 Å². The van der Waals surface area contributed by atoms with E-state index in [0.717, 1.165) is 0 Å². The number of para-hydroxylation sites is 1. The summed E-state index contributed by atoms with van der Waals surface area (Å²) in [6, 6.07) is 6.88. The molecule has 1 saturated heterocycles. The second kappa shape index (κ2) is 6.06. The van der Waals surface area contributed by atoms with Gasteiger partial charge in [-0.3, -0.25) is 9.69 Å². The summed E-state index contributed by atoms with van der Waals surface area (Å²) >= 11 is 1.36. The number of β-lactam (4-membered cyclic amide) rings is 1. The monoisotopic (exact) mass is 329 g/mol. The average Bonchev–Trinajstić information content (AvgIpc) is 2.60. The van der Waals surface area contributed by atoms with Crippen LogP contribution in [0.3, 0.4) is 0 Å². The Hall–Kier alpha value is -0.314. The fourth-order valence-corrected chi connectivity index (χ4v) is 4.35. The van der Waals surface area contributed by atoms with Crippen molar-refractivity contribution in [1.82, 2.24) is 4.90 Å². The van der Waals surface area contributed by atoms with Crippen LogP contribution < -0.4 is 56.5 Å². The minimum atomic E-state index is -1.33. The summed E-state index contributed by atoms with van der Waals surface area (Å²) in [6.45, 7) is 1.67. The number of carbonyl (C=O) groups excluding carboxylic acids is 2. The summed E-state index contributed by atoms with van der Waals surface area (Å²) in [6.07, 6.45) is 0.671. The zero-order chi connectivity index (χ0) is 14.5. The molecule has 2 aliphatic rings. The van der Waals surface area contributed by atoms with E-state index in [1.807, 2.05) is 0 Å². The van der Waals surface area contributed by atoms with Crippen molar-refractivity contribution in [2.24, 2.45) is 0 Å². The van der Waals surface area contributed by atoms with Crippen LogP contribution in [-0.2, 0) is 16.0 Å². The summed E-state index contributed by atoms with van der Waals surface area (Å²) < 4.78 is 0. The van der Waals surface area contributed by atoms with Crippen LogP contribution in [-0.4, -0.2) is 26.8 Å². The van der Waals surface area contributed by atoms with E-state index in [-0.39, 0.29) is 75.2 Å². The van der Waals surface area contributed by atoms with Crippen LogP contribution in [0.2, 0.25) is 0 Å². The molecular formula is C14H12KNO4S. The molecule has 1 amide bonds. The van der Waals surface area contributed by atoms with Gasteiger partial charge in [0.2, 0.25) is 5.91 Å². The normalized spacial score (nSPS) is 23.5. The number of allylic oxidation sites excluding steroid dienone is 1. The first kappa shape index (κ1) is 17.0. The van der Waals surface area contributed by atoms with Crippen molar-refractivity contribution in [3.8, 4) is 5.75 Å². The number of aliphatic carboxylic acids is 1. The molecule has 0 bridgehead atoms. The van der Waals surface area contributed by atoms with Gasteiger partial charge in [0.15, 0.2) is 0 Å². The van der Waals surface area contributed by atoms with Gasteiger partial charge in [-0.25, -0.2) is 0 Å². The molecule has 1 atom stereocenters. The van der Waals surface area contributed by atoms with Crippen LogP contribution in [0.15, 0.2) is 34.9 Å². The first-order chi connectivity index (χ1) is 9.44. The molecule has 3 rings (SSSR count). The molecular weight excluding hydrogens is 317 g/mol. The second-order valence-electron chi connectivity index (χ2n) is 4.95. The second-order valence-corrected chi connectivity index (χ2v) is 6.53. The first-order valence-corrected chi connectivity index (χ1v) is 6.97. The maximum absolute atomic E-state index is 11.8. The molecule has 0 aromatic heterocycles. The Morgan fingerprint density at radius 3 is 2.71 bits per heavy atom. The van der Waals surface area contributed by atoms with Crippen molar-refractivity contribution in [2.75, 3.05) is 0 Å². The van der Waals surface area contributed by atoms with Crippen molar-refractivity contribution >= 4 is 23.6 Å². The van der Waals surface area contributed by atoms with E-state index in [0.29, 0.717) is 16.9 Å².